The molecule has 8 heteroatoms. The Morgan fingerprint density at radius 2 is 2.14 bits per heavy atom. The van der Waals surface area contributed by atoms with E-state index in [1.54, 1.807) is 12.4 Å². The van der Waals surface area contributed by atoms with Crippen LogP contribution in [0.25, 0.3) is 11.0 Å². The summed E-state index contributed by atoms with van der Waals surface area (Å²) < 4.78 is 0. The molecule has 1 spiro atoms. The summed E-state index contributed by atoms with van der Waals surface area (Å²) in [6.45, 7) is 1.61. The highest BCUT2D eigenvalue weighted by molar-refractivity contribution is 5.97. The van der Waals surface area contributed by atoms with Gasteiger partial charge < -0.3 is 15.2 Å². The Labute approximate surface area is 161 Å². The summed E-state index contributed by atoms with van der Waals surface area (Å²) in [5.74, 6) is 0.112. The lowest BCUT2D eigenvalue weighted by atomic mass is 9.60. The number of aromatic amines is 2. The van der Waals surface area contributed by atoms with Gasteiger partial charge in [-0.25, -0.2) is 4.98 Å². The first-order chi connectivity index (χ1) is 13.6. The number of carbonyl (C=O) groups is 2. The van der Waals surface area contributed by atoms with Gasteiger partial charge in [0.25, 0.3) is 5.91 Å². The van der Waals surface area contributed by atoms with Gasteiger partial charge in [-0.2, -0.15) is 5.10 Å². The number of aromatic nitrogens is 4. The van der Waals surface area contributed by atoms with Crippen molar-refractivity contribution in [2.45, 2.75) is 31.7 Å². The van der Waals surface area contributed by atoms with E-state index in [-0.39, 0.29) is 23.3 Å². The summed E-state index contributed by atoms with van der Waals surface area (Å²) in [5.41, 5.74) is 2.55. The second kappa shape index (κ2) is 6.47. The van der Waals surface area contributed by atoms with Crippen LogP contribution in [0.4, 0.5) is 0 Å². The van der Waals surface area contributed by atoms with Gasteiger partial charge in [-0.3, -0.25) is 14.7 Å². The first kappa shape index (κ1) is 17.0. The van der Waals surface area contributed by atoms with Crippen LogP contribution in [0.1, 0.15) is 35.3 Å². The summed E-state index contributed by atoms with van der Waals surface area (Å²) in [7, 11) is 0. The molecule has 0 bridgehead atoms. The van der Waals surface area contributed by atoms with Crippen LogP contribution in [-0.4, -0.2) is 56.0 Å². The molecule has 8 nitrogen and oxygen atoms in total. The minimum atomic E-state index is -0.0812. The number of hydrogen-bond donors (Lipinski definition) is 3. The van der Waals surface area contributed by atoms with E-state index in [1.807, 2.05) is 29.3 Å². The molecule has 144 valence electrons. The fourth-order valence-electron chi connectivity index (χ4n) is 4.44. The number of pyridine rings is 1. The Kier molecular flexibility index (Phi) is 3.92. The van der Waals surface area contributed by atoms with Crippen LogP contribution < -0.4 is 5.32 Å². The average Bonchev–Trinajstić information content (AvgIpc) is 3.30. The number of amides is 2. The van der Waals surface area contributed by atoms with E-state index in [2.05, 4.69) is 25.5 Å². The number of nitrogens with zero attached hydrogens (tertiary/aromatic N) is 3. The number of carbonyl (C=O) groups excluding carboxylic acids is 2. The monoisotopic (exact) mass is 378 g/mol. The Morgan fingerprint density at radius 1 is 1.29 bits per heavy atom. The van der Waals surface area contributed by atoms with Crippen molar-refractivity contribution in [3.05, 3.63) is 48.0 Å². The molecule has 1 saturated carbocycles. The van der Waals surface area contributed by atoms with Gasteiger partial charge in [-0.05, 0) is 37.5 Å². The van der Waals surface area contributed by atoms with Crippen molar-refractivity contribution >= 4 is 22.8 Å². The highest BCUT2D eigenvalue weighted by Crippen LogP contribution is 2.48. The summed E-state index contributed by atoms with van der Waals surface area (Å²) in [4.78, 5) is 34.0. The van der Waals surface area contributed by atoms with Gasteiger partial charge in [-0.15, -0.1) is 0 Å². The van der Waals surface area contributed by atoms with Gasteiger partial charge in [0.1, 0.15) is 5.65 Å². The largest absolute Gasteiger partial charge is 0.349 e. The van der Waals surface area contributed by atoms with Crippen LogP contribution in [0.5, 0.6) is 0 Å². The third-order valence-electron chi connectivity index (χ3n) is 5.93. The highest BCUT2D eigenvalue weighted by Gasteiger charge is 2.53. The van der Waals surface area contributed by atoms with Crippen molar-refractivity contribution in [3.8, 4) is 0 Å². The maximum absolute atomic E-state index is 12.5. The minimum Gasteiger partial charge on any atom is -0.349 e. The molecule has 3 N–H and O–H groups in total. The zero-order chi connectivity index (χ0) is 19.1. The predicted octanol–water partition coefficient (Wildman–Crippen LogP) is 1.64. The molecule has 2 aliphatic rings. The molecular formula is C20H22N6O2. The van der Waals surface area contributed by atoms with Crippen LogP contribution in [0.15, 0.2) is 36.8 Å². The smallest absolute Gasteiger partial charge is 0.253 e. The Bertz CT molecular complexity index is 1010. The Balaban J connectivity index is 1.08. The lowest BCUT2D eigenvalue weighted by Gasteiger charge is -2.59. The quantitative estimate of drug-likeness (QED) is 0.627. The molecular weight excluding hydrogens is 356 g/mol. The van der Waals surface area contributed by atoms with Crippen molar-refractivity contribution in [1.29, 1.82) is 0 Å². The molecule has 1 saturated heterocycles. The van der Waals surface area contributed by atoms with E-state index in [1.165, 1.54) is 0 Å². The molecule has 3 aromatic rings. The van der Waals surface area contributed by atoms with E-state index >= 15 is 0 Å². The molecule has 4 heterocycles. The SMILES string of the molecule is O=C(NC1CC2(C1)CN(C(=O)CCc1ccn[nH]1)C2)c1cnc2[nH]ccc2c1. The lowest BCUT2D eigenvalue weighted by Crippen LogP contribution is -2.67. The molecule has 2 amide bonds. The normalized spacial score (nSPS) is 18.1. The first-order valence-corrected chi connectivity index (χ1v) is 9.60. The average molecular weight is 378 g/mol. The van der Waals surface area contributed by atoms with Crippen molar-refractivity contribution in [2.75, 3.05) is 13.1 Å². The minimum absolute atomic E-state index is 0.0812. The number of H-pyrrole nitrogens is 2. The Morgan fingerprint density at radius 3 is 2.93 bits per heavy atom. The Hall–Kier alpha value is -3.16. The molecule has 0 aromatic carbocycles. The standard InChI is InChI=1S/C20H22N6O2/c27-17(2-1-15-4-6-23-25-15)26-11-20(12-26)8-16(9-20)24-19(28)14-7-13-3-5-21-18(13)22-10-14/h3-7,10,16H,1-2,8-9,11-12H2,(H,21,22)(H,23,25)(H,24,28). The van der Waals surface area contributed by atoms with Crippen LogP contribution in [-0.2, 0) is 11.2 Å². The van der Waals surface area contributed by atoms with Crippen LogP contribution in [0.3, 0.4) is 0 Å². The second-order valence-corrected chi connectivity index (χ2v) is 8.05. The maximum atomic E-state index is 12.5. The second-order valence-electron chi connectivity index (χ2n) is 8.05. The van der Waals surface area contributed by atoms with Gasteiger partial charge in [-0.1, -0.05) is 0 Å². The molecule has 1 aliphatic carbocycles. The summed E-state index contributed by atoms with van der Waals surface area (Å²) in [6.07, 6.45) is 8.19. The zero-order valence-electron chi connectivity index (χ0n) is 15.4. The van der Waals surface area contributed by atoms with E-state index < -0.39 is 0 Å². The molecule has 3 aromatic heterocycles. The summed E-state index contributed by atoms with van der Waals surface area (Å²) in [5, 5.41) is 10.8. The molecule has 0 atom stereocenters. The van der Waals surface area contributed by atoms with E-state index in [4.69, 9.17) is 0 Å². The van der Waals surface area contributed by atoms with Crippen LogP contribution in [0, 0.1) is 5.41 Å². The molecule has 28 heavy (non-hydrogen) atoms. The number of likely N-dealkylation sites (tertiary alicyclic amines) is 1. The van der Waals surface area contributed by atoms with Gasteiger partial charge in [0.15, 0.2) is 0 Å². The number of rotatable bonds is 5. The van der Waals surface area contributed by atoms with Gasteiger partial charge >= 0.3 is 0 Å². The van der Waals surface area contributed by atoms with Crippen molar-refractivity contribution < 1.29 is 9.59 Å². The fourth-order valence-corrected chi connectivity index (χ4v) is 4.44. The number of fused-ring (bicyclic) bond motifs is 1. The van der Waals surface area contributed by atoms with Gasteiger partial charge in [0.2, 0.25) is 5.91 Å². The van der Waals surface area contributed by atoms with E-state index in [0.717, 1.165) is 42.7 Å². The van der Waals surface area contributed by atoms with Gasteiger partial charge in [0, 0.05) is 60.6 Å². The number of aryl methyl sites for hydroxylation is 1. The molecule has 5 rings (SSSR count). The van der Waals surface area contributed by atoms with E-state index in [0.29, 0.717) is 18.4 Å². The molecule has 0 unspecified atom stereocenters. The van der Waals surface area contributed by atoms with E-state index in [9.17, 15) is 9.59 Å². The molecule has 2 fully saturated rings. The molecule has 1 aliphatic heterocycles. The third kappa shape index (κ3) is 3.04. The maximum Gasteiger partial charge on any atom is 0.253 e. The summed E-state index contributed by atoms with van der Waals surface area (Å²) in [6, 6.07) is 5.83. The van der Waals surface area contributed by atoms with Crippen molar-refractivity contribution in [2.24, 2.45) is 5.41 Å². The van der Waals surface area contributed by atoms with Gasteiger partial charge in [0.05, 0.1) is 5.56 Å². The van der Waals surface area contributed by atoms with Crippen molar-refractivity contribution in [3.63, 3.8) is 0 Å². The summed E-state index contributed by atoms with van der Waals surface area (Å²) >= 11 is 0. The lowest BCUT2D eigenvalue weighted by molar-refractivity contribution is -0.151. The van der Waals surface area contributed by atoms with Crippen molar-refractivity contribution in [1.82, 2.24) is 30.4 Å². The van der Waals surface area contributed by atoms with Crippen LogP contribution in [0.2, 0.25) is 0 Å². The molecule has 0 radical (unpaired) electrons. The highest BCUT2D eigenvalue weighted by atomic mass is 16.2. The topological polar surface area (TPSA) is 107 Å². The number of hydrogen-bond acceptors (Lipinski definition) is 4. The predicted molar refractivity (Wildman–Crippen MR) is 103 cm³/mol. The van der Waals surface area contributed by atoms with Crippen LogP contribution >= 0.6 is 0 Å². The fraction of sp³-hybridized carbons (Fsp3) is 0.400. The zero-order valence-corrected chi connectivity index (χ0v) is 15.4. The number of nitrogens with one attached hydrogen (secondary N) is 3. The third-order valence-corrected chi connectivity index (χ3v) is 5.93. The first-order valence-electron chi connectivity index (χ1n) is 9.60.